The van der Waals surface area contributed by atoms with Crippen molar-refractivity contribution in [1.82, 2.24) is 15.0 Å². The van der Waals surface area contributed by atoms with Gasteiger partial charge in [0, 0.05) is 5.56 Å². The van der Waals surface area contributed by atoms with Gasteiger partial charge >= 0.3 is 12.0 Å². The molecule has 0 fully saturated rings. The third-order valence-corrected chi connectivity index (χ3v) is 2.03. The Kier molecular flexibility index (Phi) is 2.51. The lowest BCUT2D eigenvalue weighted by Gasteiger charge is -2.04. The highest BCUT2D eigenvalue weighted by Crippen LogP contribution is 2.23. The Hall–Kier alpha value is -2.43. The fraction of sp³-hybridized carbons (Fsp3) is 0. The molecule has 2 aromatic rings. The summed E-state index contributed by atoms with van der Waals surface area (Å²) >= 11 is 0. The number of benzene rings is 1. The lowest BCUT2D eigenvalue weighted by Crippen LogP contribution is -1.93. The fourth-order valence-electron chi connectivity index (χ4n) is 1.35. The quantitative estimate of drug-likeness (QED) is 0.795. The van der Waals surface area contributed by atoms with E-state index in [0.717, 1.165) is 5.56 Å². The summed E-state index contributed by atoms with van der Waals surface area (Å²) in [5.41, 5.74) is 1.48. The zero-order valence-corrected chi connectivity index (χ0v) is 8.33. The van der Waals surface area contributed by atoms with Gasteiger partial charge in [0.2, 0.25) is 0 Å². The van der Waals surface area contributed by atoms with Gasteiger partial charge in [-0.15, -0.1) is 4.98 Å². The van der Waals surface area contributed by atoms with Gasteiger partial charge in [-0.05, 0) is 5.56 Å². The Balaban J connectivity index is 2.62. The Labute approximate surface area is 91.8 Å². The van der Waals surface area contributed by atoms with Gasteiger partial charge in [-0.1, -0.05) is 36.9 Å². The topological polar surface area (TPSA) is 79.1 Å². The van der Waals surface area contributed by atoms with Crippen LogP contribution in [0.15, 0.2) is 30.8 Å². The van der Waals surface area contributed by atoms with Crippen molar-refractivity contribution < 1.29 is 10.2 Å². The number of hydrogen-bond acceptors (Lipinski definition) is 5. The summed E-state index contributed by atoms with van der Waals surface area (Å²) in [5.74, 6) is 0.209. The van der Waals surface area contributed by atoms with Crippen LogP contribution in [0, 0.1) is 0 Å². The molecule has 0 aliphatic carbocycles. The van der Waals surface area contributed by atoms with Gasteiger partial charge in [0.25, 0.3) is 0 Å². The summed E-state index contributed by atoms with van der Waals surface area (Å²) in [7, 11) is 0. The molecule has 1 aromatic heterocycles. The summed E-state index contributed by atoms with van der Waals surface area (Å²) in [6, 6.07) is 6.23. The zero-order chi connectivity index (χ0) is 11.5. The van der Waals surface area contributed by atoms with E-state index in [-0.39, 0.29) is 5.82 Å². The van der Waals surface area contributed by atoms with Crippen molar-refractivity contribution in [2.75, 3.05) is 0 Å². The summed E-state index contributed by atoms with van der Waals surface area (Å²) in [5, 5.41) is 18.3. The van der Waals surface area contributed by atoms with Gasteiger partial charge < -0.3 is 10.2 Å². The second-order valence-electron chi connectivity index (χ2n) is 3.05. The van der Waals surface area contributed by atoms with Gasteiger partial charge in [-0.3, -0.25) is 0 Å². The number of aromatic nitrogens is 3. The van der Waals surface area contributed by atoms with Gasteiger partial charge in [-0.25, -0.2) is 0 Å². The molecule has 0 radical (unpaired) electrons. The highest BCUT2D eigenvalue weighted by atomic mass is 16.3. The Morgan fingerprint density at radius 3 is 2.25 bits per heavy atom. The van der Waals surface area contributed by atoms with E-state index in [9.17, 15) is 10.2 Å². The molecule has 0 atom stereocenters. The lowest BCUT2D eigenvalue weighted by atomic mass is 10.1. The molecule has 0 saturated carbocycles. The normalized spacial score (nSPS) is 10.0. The largest absolute Gasteiger partial charge is 0.479 e. The van der Waals surface area contributed by atoms with E-state index in [1.807, 2.05) is 12.1 Å². The van der Waals surface area contributed by atoms with Crippen LogP contribution in [0.5, 0.6) is 12.0 Å². The molecule has 80 valence electrons. The van der Waals surface area contributed by atoms with Crippen LogP contribution in [0.2, 0.25) is 0 Å². The standard InChI is InChI=1S/C11H9N3O2/c1-2-7-5-3-4-6-8(7)9-12-10(15)14-11(16)13-9/h2-6H,1H2,(H2,12,13,14,15,16). The smallest absolute Gasteiger partial charge is 0.320 e. The van der Waals surface area contributed by atoms with E-state index in [1.54, 1.807) is 18.2 Å². The van der Waals surface area contributed by atoms with Crippen LogP contribution >= 0.6 is 0 Å². The second kappa shape index (κ2) is 3.98. The predicted octanol–water partition coefficient (Wildman–Crippen LogP) is 1.59. The second-order valence-corrected chi connectivity index (χ2v) is 3.05. The molecule has 1 aromatic carbocycles. The third kappa shape index (κ3) is 1.83. The van der Waals surface area contributed by atoms with Crippen LogP contribution in [0.3, 0.4) is 0 Å². The zero-order valence-electron chi connectivity index (χ0n) is 8.33. The van der Waals surface area contributed by atoms with Crippen molar-refractivity contribution >= 4 is 6.08 Å². The van der Waals surface area contributed by atoms with Crippen LogP contribution in [-0.2, 0) is 0 Å². The van der Waals surface area contributed by atoms with Gasteiger partial charge in [0.05, 0.1) is 0 Å². The molecule has 0 aliphatic heterocycles. The molecular weight excluding hydrogens is 206 g/mol. The van der Waals surface area contributed by atoms with Crippen molar-refractivity contribution in [3.63, 3.8) is 0 Å². The lowest BCUT2D eigenvalue weighted by molar-refractivity contribution is 0.383. The Morgan fingerprint density at radius 1 is 1.00 bits per heavy atom. The Morgan fingerprint density at radius 2 is 1.62 bits per heavy atom. The SMILES string of the molecule is C=Cc1ccccc1-c1nc(O)nc(O)n1. The minimum absolute atomic E-state index is 0.209. The predicted molar refractivity (Wildman–Crippen MR) is 58.7 cm³/mol. The first-order chi connectivity index (χ1) is 7.70. The van der Waals surface area contributed by atoms with Gasteiger partial charge in [0.1, 0.15) is 0 Å². The third-order valence-electron chi connectivity index (χ3n) is 2.03. The maximum Gasteiger partial charge on any atom is 0.320 e. The van der Waals surface area contributed by atoms with Crippen LogP contribution in [0.25, 0.3) is 17.5 Å². The van der Waals surface area contributed by atoms with Crippen LogP contribution in [0.1, 0.15) is 5.56 Å². The van der Waals surface area contributed by atoms with Crippen LogP contribution in [0.4, 0.5) is 0 Å². The minimum atomic E-state index is -0.513. The molecule has 5 heteroatoms. The molecule has 5 nitrogen and oxygen atoms in total. The highest BCUT2D eigenvalue weighted by molar-refractivity contribution is 5.70. The van der Waals surface area contributed by atoms with Gasteiger partial charge in [0.15, 0.2) is 5.82 Å². The average Bonchev–Trinajstić information content (AvgIpc) is 2.27. The van der Waals surface area contributed by atoms with E-state index in [1.165, 1.54) is 0 Å². The number of nitrogens with zero attached hydrogens (tertiary/aromatic N) is 3. The van der Waals surface area contributed by atoms with Gasteiger partial charge in [-0.2, -0.15) is 9.97 Å². The maximum atomic E-state index is 9.17. The molecule has 0 spiro atoms. The molecule has 0 amide bonds. The van der Waals surface area contributed by atoms with E-state index in [4.69, 9.17) is 0 Å². The molecule has 0 unspecified atom stereocenters. The van der Waals surface area contributed by atoms with Crippen molar-refractivity contribution in [3.05, 3.63) is 36.4 Å². The van der Waals surface area contributed by atoms with E-state index in [2.05, 4.69) is 21.5 Å². The molecule has 0 bridgehead atoms. The molecule has 1 heterocycles. The monoisotopic (exact) mass is 215 g/mol. The highest BCUT2D eigenvalue weighted by Gasteiger charge is 2.09. The average molecular weight is 215 g/mol. The summed E-state index contributed by atoms with van der Waals surface area (Å²) in [6.45, 7) is 3.67. The summed E-state index contributed by atoms with van der Waals surface area (Å²) in [4.78, 5) is 10.8. The van der Waals surface area contributed by atoms with E-state index >= 15 is 0 Å². The molecule has 0 aliphatic rings. The van der Waals surface area contributed by atoms with Crippen LogP contribution < -0.4 is 0 Å². The molecule has 2 N–H and O–H groups in total. The number of hydrogen-bond donors (Lipinski definition) is 2. The minimum Gasteiger partial charge on any atom is -0.479 e. The fourth-order valence-corrected chi connectivity index (χ4v) is 1.35. The Bertz CT molecular complexity index is 520. The first-order valence-electron chi connectivity index (χ1n) is 4.56. The van der Waals surface area contributed by atoms with Crippen molar-refractivity contribution in [3.8, 4) is 23.4 Å². The van der Waals surface area contributed by atoms with E-state index in [0.29, 0.717) is 5.56 Å². The first-order valence-corrected chi connectivity index (χ1v) is 4.56. The van der Waals surface area contributed by atoms with E-state index < -0.39 is 12.0 Å². The first kappa shape index (κ1) is 10.1. The van der Waals surface area contributed by atoms with Crippen molar-refractivity contribution in [2.45, 2.75) is 0 Å². The molecule has 16 heavy (non-hydrogen) atoms. The number of aromatic hydroxyl groups is 2. The molecule has 0 saturated heterocycles. The van der Waals surface area contributed by atoms with Crippen molar-refractivity contribution in [2.24, 2.45) is 0 Å². The van der Waals surface area contributed by atoms with Crippen LogP contribution in [-0.4, -0.2) is 25.2 Å². The molecular formula is C11H9N3O2. The summed E-state index contributed by atoms with van der Waals surface area (Å²) < 4.78 is 0. The maximum absolute atomic E-state index is 9.17. The molecule has 2 rings (SSSR count). The van der Waals surface area contributed by atoms with Crippen molar-refractivity contribution in [1.29, 1.82) is 0 Å². The number of rotatable bonds is 2. The summed E-state index contributed by atoms with van der Waals surface area (Å²) in [6.07, 6.45) is 1.65.